The summed E-state index contributed by atoms with van der Waals surface area (Å²) < 4.78 is 0. The quantitative estimate of drug-likeness (QED) is 0.538. The van der Waals surface area contributed by atoms with Gasteiger partial charge in [0.2, 0.25) is 0 Å². The van der Waals surface area contributed by atoms with Crippen LogP contribution in [0.25, 0.3) is 11.1 Å². The summed E-state index contributed by atoms with van der Waals surface area (Å²) in [7, 11) is -1.48. The molecule has 2 N–H and O–H groups in total. The highest BCUT2D eigenvalue weighted by atomic mass is 32.1. The average Bonchev–Trinajstić information content (AvgIpc) is 2.29. The van der Waals surface area contributed by atoms with E-state index in [1.807, 2.05) is 36.4 Å². The largest absolute Gasteiger partial charge is 0.489 e. The molecule has 2 rings (SSSR count). The van der Waals surface area contributed by atoms with E-state index in [0.717, 1.165) is 16.0 Å². The molecule has 2 aromatic carbocycles. The summed E-state index contributed by atoms with van der Waals surface area (Å²) in [6, 6.07) is 14.8. The second kappa shape index (κ2) is 4.74. The molecule has 0 saturated heterocycles. The molecule has 0 unspecified atom stereocenters. The average molecular weight is 230 g/mol. The molecule has 2 nitrogen and oxygen atoms in total. The van der Waals surface area contributed by atoms with E-state index in [1.165, 1.54) is 0 Å². The van der Waals surface area contributed by atoms with Gasteiger partial charge in [-0.15, -0.1) is 12.6 Å². The third-order valence-corrected chi connectivity index (χ3v) is 2.79. The number of rotatable bonds is 2. The first-order chi connectivity index (χ1) is 7.70. The van der Waals surface area contributed by atoms with Crippen molar-refractivity contribution in [1.82, 2.24) is 0 Å². The molecule has 80 valence electrons. The van der Waals surface area contributed by atoms with Crippen molar-refractivity contribution in [2.45, 2.75) is 4.90 Å². The molecule has 0 heterocycles. The van der Waals surface area contributed by atoms with E-state index in [2.05, 4.69) is 12.6 Å². The summed E-state index contributed by atoms with van der Waals surface area (Å²) in [5, 5.41) is 18.6. The third kappa shape index (κ3) is 2.14. The predicted molar refractivity (Wildman–Crippen MR) is 69.0 cm³/mol. The van der Waals surface area contributed by atoms with Gasteiger partial charge in [0.15, 0.2) is 0 Å². The molecular weight excluding hydrogens is 219 g/mol. The smallest absolute Gasteiger partial charge is 0.423 e. The zero-order valence-electron chi connectivity index (χ0n) is 8.54. The zero-order chi connectivity index (χ0) is 11.5. The van der Waals surface area contributed by atoms with Gasteiger partial charge in [-0.1, -0.05) is 42.5 Å². The van der Waals surface area contributed by atoms with Gasteiger partial charge in [-0.3, -0.25) is 0 Å². The lowest BCUT2D eigenvalue weighted by atomic mass is 9.75. The van der Waals surface area contributed by atoms with E-state index in [-0.39, 0.29) is 0 Å². The maximum absolute atomic E-state index is 9.31. The minimum Gasteiger partial charge on any atom is -0.423 e. The second-order valence-corrected chi connectivity index (χ2v) is 3.96. The van der Waals surface area contributed by atoms with Crippen LogP contribution >= 0.6 is 12.6 Å². The first kappa shape index (κ1) is 11.3. The van der Waals surface area contributed by atoms with Crippen LogP contribution in [0.15, 0.2) is 53.4 Å². The molecule has 2 aromatic rings. The van der Waals surface area contributed by atoms with Crippen LogP contribution in [0.3, 0.4) is 0 Å². The van der Waals surface area contributed by atoms with E-state index >= 15 is 0 Å². The van der Waals surface area contributed by atoms with Crippen molar-refractivity contribution in [3.63, 3.8) is 0 Å². The predicted octanol–water partition coefficient (Wildman–Crippen LogP) is 1.32. The highest BCUT2D eigenvalue weighted by molar-refractivity contribution is 7.80. The fraction of sp³-hybridized carbons (Fsp3) is 0. The van der Waals surface area contributed by atoms with E-state index < -0.39 is 7.12 Å². The number of hydrogen-bond donors (Lipinski definition) is 3. The Balaban J connectivity index is 2.64. The van der Waals surface area contributed by atoms with Crippen molar-refractivity contribution >= 4 is 25.2 Å². The standard InChI is InChI=1S/C12H11BO2S/c14-13(15)10-7-4-8-11(16)12(10)9-5-2-1-3-6-9/h1-8,14-16H. The van der Waals surface area contributed by atoms with Crippen molar-refractivity contribution < 1.29 is 10.0 Å². The van der Waals surface area contributed by atoms with Crippen molar-refractivity contribution in [2.24, 2.45) is 0 Å². The van der Waals surface area contributed by atoms with E-state index in [9.17, 15) is 10.0 Å². The normalized spacial score (nSPS) is 10.2. The maximum Gasteiger partial charge on any atom is 0.489 e. The molecule has 0 aliphatic heterocycles. The van der Waals surface area contributed by atoms with E-state index in [4.69, 9.17) is 0 Å². The fourth-order valence-corrected chi connectivity index (χ4v) is 2.04. The van der Waals surface area contributed by atoms with Gasteiger partial charge in [-0.25, -0.2) is 0 Å². The number of thiol groups is 1. The molecule has 4 heteroatoms. The van der Waals surface area contributed by atoms with Gasteiger partial charge in [0, 0.05) is 4.90 Å². The van der Waals surface area contributed by atoms with Crippen LogP contribution in [0.4, 0.5) is 0 Å². The van der Waals surface area contributed by atoms with Gasteiger partial charge in [0.05, 0.1) is 0 Å². The lowest BCUT2D eigenvalue weighted by molar-refractivity contribution is 0.426. The van der Waals surface area contributed by atoms with Gasteiger partial charge in [-0.2, -0.15) is 0 Å². The van der Waals surface area contributed by atoms with Gasteiger partial charge in [0.25, 0.3) is 0 Å². The summed E-state index contributed by atoms with van der Waals surface area (Å²) in [5.41, 5.74) is 2.16. The molecule has 0 amide bonds. The van der Waals surface area contributed by atoms with Crippen molar-refractivity contribution in [2.75, 3.05) is 0 Å². The zero-order valence-corrected chi connectivity index (χ0v) is 9.43. The van der Waals surface area contributed by atoms with Crippen LogP contribution in [0.5, 0.6) is 0 Å². The van der Waals surface area contributed by atoms with Crippen molar-refractivity contribution in [3.05, 3.63) is 48.5 Å². The fourth-order valence-electron chi connectivity index (χ4n) is 1.69. The molecule has 0 spiro atoms. The summed E-state index contributed by atoms with van der Waals surface area (Å²) in [6.45, 7) is 0. The molecule has 0 aliphatic rings. The topological polar surface area (TPSA) is 40.5 Å². The summed E-state index contributed by atoms with van der Waals surface area (Å²) in [6.07, 6.45) is 0. The van der Waals surface area contributed by atoms with Crippen LogP contribution < -0.4 is 5.46 Å². The van der Waals surface area contributed by atoms with Crippen molar-refractivity contribution in [3.8, 4) is 11.1 Å². The summed E-state index contributed by atoms with van der Waals surface area (Å²) in [4.78, 5) is 0.733. The lowest BCUT2D eigenvalue weighted by Gasteiger charge is -2.11. The Labute approximate surface area is 100 Å². The Morgan fingerprint density at radius 1 is 0.875 bits per heavy atom. The van der Waals surface area contributed by atoms with E-state index in [0.29, 0.717) is 5.46 Å². The van der Waals surface area contributed by atoms with Gasteiger partial charge >= 0.3 is 7.12 Å². The Kier molecular flexibility index (Phi) is 3.34. The number of hydrogen-bond acceptors (Lipinski definition) is 3. The van der Waals surface area contributed by atoms with Crippen LogP contribution in [0.1, 0.15) is 0 Å². The number of benzene rings is 2. The minimum atomic E-state index is -1.48. The Morgan fingerprint density at radius 2 is 1.56 bits per heavy atom. The Morgan fingerprint density at radius 3 is 2.19 bits per heavy atom. The molecule has 16 heavy (non-hydrogen) atoms. The molecule has 0 fully saturated rings. The second-order valence-electron chi connectivity index (χ2n) is 3.48. The summed E-state index contributed by atoms with van der Waals surface area (Å²) >= 11 is 4.35. The molecule has 0 aliphatic carbocycles. The highest BCUT2D eigenvalue weighted by Gasteiger charge is 2.18. The van der Waals surface area contributed by atoms with Crippen LogP contribution in [0.2, 0.25) is 0 Å². The molecule has 0 aromatic heterocycles. The first-order valence-electron chi connectivity index (χ1n) is 4.93. The van der Waals surface area contributed by atoms with E-state index in [1.54, 1.807) is 12.1 Å². The Hall–Kier alpha value is -1.23. The molecule has 0 bridgehead atoms. The maximum atomic E-state index is 9.31. The van der Waals surface area contributed by atoms with Crippen LogP contribution in [0, 0.1) is 0 Å². The van der Waals surface area contributed by atoms with Crippen LogP contribution in [-0.4, -0.2) is 17.2 Å². The van der Waals surface area contributed by atoms with Gasteiger partial charge < -0.3 is 10.0 Å². The third-order valence-electron chi connectivity index (χ3n) is 2.42. The SMILES string of the molecule is OB(O)c1cccc(S)c1-c1ccccc1. The summed E-state index contributed by atoms with van der Waals surface area (Å²) in [5.74, 6) is 0. The minimum absolute atomic E-state index is 0.471. The van der Waals surface area contributed by atoms with Crippen molar-refractivity contribution in [1.29, 1.82) is 0 Å². The molecular formula is C12H11BO2S. The van der Waals surface area contributed by atoms with Gasteiger partial charge in [0.1, 0.15) is 0 Å². The van der Waals surface area contributed by atoms with Gasteiger partial charge in [-0.05, 0) is 22.7 Å². The molecule has 0 radical (unpaired) electrons. The Bertz CT molecular complexity index is 486. The first-order valence-corrected chi connectivity index (χ1v) is 5.38. The molecule has 0 saturated carbocycles. The lowest BCUT2D eigenvalue weighted by Crippen LogP contribution is -2.31. The monoisotopic (exact) mass is 230 g/mol. The highest BCUT2D eigenvalue weighted by Crippen LogP contribution is 2.24. The molecule has 0 atom stereocenters. The van der Waals surface area contributed by atoms with Crippen LogP contribution in [-0.2, 0) is 0 Å².